The highest BCUT2D eigenvalue weighted by Crippen LogP contribution is 2.05. The Labute approximate surface area is 179 Å². The molecule has 0 aromatic heterocycles. The Morgan fingerprint density at radius 3 is 1.87 bits per heavy atom. The van der Waals surface area contributed by atoms with Gasteiger partial charge in [-0.1, -0.05) is 13.8 Å². The summed E-state index contributed by atoms with van der Waals surface area (Å²) < 4.78 is 0. The van der Waals surface area contributed by atoms with Crippen LogP contribution in [0, 0.1) is 5.92 Å². The van der Waals surface area contributed by atoms with Crippen LogP contribution in [0.3, 0.4) is 0 Å². The lowest BCUT2D eigenvalue weighted by atomic mass is 10.0. The molecule has 0 fully saturated rings. The van der Waals surface area contributed by atoms with Crippen molar-refractivity contribution in [3.63, 3.8) is 0 Å². The van der Waals surface area contributed by atoms with E-state index in [1.165, 1.54) is 6.92 Å². The Morgan fingerprint density at radius 2 is 1.47 bits per heavy atom. The van der Waals surface area contributed by atoms with Gasteiger partial charge in [0, 0.05) is 12.2 Å². The summed E-state index contributed by atoms with van der Waals surface area (Å²) in [5.41, 5.74) is 10.7. The van der Waals surface area contributed by atoms with Crippen LogP contribution in [-0.2, 0) is 24.0 Å². The van der Waals surface area contributed by atoms with E-state index < -0.39 is 59.9 Å². The molecule has 0 heterocycles. The highest BCUT2D eigenvalue weighted by Gasteiger charge is 2.32. The zero-order chi connectivity index (χ0) is 23.6. The molecule has 0 spiro atoms. The number of rotatable bonds is 13. The predicted octanol–water partition coefficient (Wildman–Crippen LogP) is -2.92. The maximum atomic E-state index is 12.6. The van der Waals surface area contributed by atoms with E-state index in [-0.39, 0.29) is 24.5 Å². The summed E-state index contributed by atoms with van der Waals surface area (Å²) in [6, 6.07) is -4.90. The summed E-state index contributed by atoms with van der Waals surface area (Å²) in [4.78, 5) is 59.1. The standard InChI is InChI=1S/C17H31N5O7S/c1-7(2)12(21-14(25)9(18)4-5-11(19)24)16(27)20-10(6-30)15(26)22-13(8(3)23)17(28)29/h7-10,12-13,23,30H,4-6,18H2,1-3H3,(H2,19,24)(H,20,27)(H,21,25)(H,22,26)(H,28,29). The number of hydrogen-bond donors (Lipinski definition) is 8. The quantitative estimate of drug-likeness (QED) is 0.136. The number of amides is 4. The Balaban J connectivity index is 5.13. The van der Waals surface area contributed by atoms with Gasteiger partial charge in [0.1, 0.15) is 12.1 Å². The van der Waals surface area contributed by atoms with Crippen LogP contribution in [0.1, 0.15) is 33.6 Å². The molecule has 0 aliphatic heterocycles. The maximum absolute atomic E-state index is 12.6. The van der Waals surface area contributed by atoms with E-state index >= 15 is 0 Å². The number of hydrogen-bond acceptors (Lipinski definition) is 8. The molecule has 30 heavy (non-hydrogen) atoms. The van der Waals surface area contributed by atoms with Crippen LogP contribution in [0.4, 0.5) is 0 Å². The summed E-state index contributed by atoms with van der Waals surface area (Å²) in [6.07, 6.45) is -1.46. The maximum Gasteiger partial charge on any atom is 0.328 e. The molecular weight excluding hydrogens is 418 g/mol. The number of primary amides is 1. The number of carbonyl (C=O) groups is 5. The molecule has 5 unspecified atom stereocenters. The van der Waals surface area contributed by atoms with Gasteiger partial charge in [-0.2, -0.15) is 12.6 Å². The number of nitrogens with two attached hydrogens (primary N) is 2. The third-order valence-electron chi connectivity index (χ3n) is 4.15. The highest BCUT2D eigenvalue weighted by atomic mass is 32.1. The molecule has 9 N–H and O–H groups in total. The van der Waals surface area contributed by atoms with Crippen LogP contribution in [-0.4, -0.2) is 75.8 Å². The molecule has 0 aromatic carbocycles. The lowest BCUT2D eigenvalue weighted by Crippen LogP contribution is -2.59. The number of aliphatic carboxylic acids is 1. The van der Waals surface area contributed by atoms with Crippen molar-refractivity contribution < 1.29 is 34.2 Å². The van der Waals surface area contributed by atoms with Gasteiger partial charge >= 0.3 is 5.97 Å². The first-order valence-electron chi connectivity index (χ1n) is 9.28. The second kappa shape index (κ2) is 13.0. The molecule has 0 saturated heterocycles. The van der Waals surface area contributed by atoms with Gasteiger partial charge in [-0.3, -0.25) is 19.2 Å². The van der Waals surface area contributed by atoms with E-state index in [1.807, 2.05) is 0 Å². The average molecular weight is 450 g/mol. The molecule has 5 atom stereocenters. The minimum Gasteiger partial charge on any atom is -0.480 e. The van der Waals surface area contributed by atoms with Crippen LogP contribution in [0.2, 0.25) is 0 Å². The van der Waals surface area contributed by atoms with Crippen LogP contribution >= 0.6 is 12.6 Å². The van der Waals surface area contributed by atoms with Gasteiger partial charge < -0.3 is 37.6 Å². The van der Waals surface area contributed by atoms with E-state index in [0.717, 1.165) is 0 Å². The van der Waals surface area contributed by atoms with E-state index in [9.17, 15) is 29.1 Å². The van der Waals surface area contributed by atoms with Crippen molar-refractivity contribution in [3.05, 3.63) is 0 Å². The number of carboxylic acid groups (broad SMARTS) is 1. The first-order valence-corrected chi connectivity index (χ1v) is 9.91. The fraction of sp³-hybridized carbons (Fsp3) is 0.706. The summed E-state index contributed by atoms with van der Waals surface area (Å²) in [5, 5.41) is 25.5. The van der Waals surface area contributed by atoms with Gasteiger partial charge in [0.05, 0.1) is 12.1 Å². The van der Waals surface area contributed by atoms with Crippen LogP contribution in [0.15, 0.2) is 0 Å². The second-order valence-corrected chi connectivity index (χ2v) is 7.52. The molecule has 13 heteroatoms. The molecule has 0 aromatic rings. The number of nitrogens with one attached hydrogen (secondary N) is 3. The molecule has 12 nitrogen and oxygen atoms in total. The third-order valence-corrected chi connectivity index (χ3v) is 4.51. The molecular formula is C17H31N5O7S. The number of carboxylic acids is 1. The smallest absolute Gasteiger partial charge is 0.328 e. The Bertz CT molecular complexity index is 644. The van der Waals surface area contributed by atoms with E-state index in [0.29, 0.717) is 0 Å². The van der Waals surface area contributed by atoms with Crippen LogP contribution in [0.5, 0.6) is 0 Å². The van der Waals surface area contributed by atoms with Gasteiger partial charge in [0.25, 0.3) is 0 Å². The fourth-order valence-electron chi connectivity index (χ4n) is 2.32. The first-order chi connectivity index (χ1) is 13.8. The molecule has 0 bridgehead atoms. The number of aliphatic hydroxyl groups is 1. The van der Waals surface area contributed by atoms with Crippen molar-refractivity contribution >= 4 is 42.2 Å². The monoisotopic (exact) mass is 449 g/mol. The van der Waals surface area contributed by atoms with Crippen molar-refractivity contribution in [2.24, 2.45) is 17.4 Å². The van der Waals surface area contributed by atoms with Gasteiger partial charge in [-0.25, -0.2) is 4.79 Å². The summed E-state index contributed by atoms with van der Waals surface area (Å²) in [7, 11) is 0. The van der Waals surface area contributed by atoms with Gasteiger partial charge in [0.15, 0.2) is 6.04 Å². The first kappa shape index (κ1) is 27.6. The lowest BCUT2D eigenvalue weighted by molar-refractivity contribution is -0.145. The minimum absolute atomic E-state index is 0.00515. The van der Waals surface area contributed by atoms with Crippen molar-refractivity contribution in [3.8, 4) is 0 Å². The average Bonchev–Trinajstić information content (AvgIpc) is 2.64. The van der Waals surface area contributed by atoms with Gasteiger partial charge in [0.2, 0.25) is 23.6 Å². The van der Waals surface area contributed by atoms with E-state index in [4.69, 9.17) is 16.6 Å². The number of aliphatic hydroxyl groups excluding tert-OH is 1. The van der Waals surface area contributed by atoms with Crippen molar-refractivity contribution in [1.82, 2.24) is 16.0 Å². The topological polar surface area (TPSA) is 214 Å². The van der Waals surface area contributed by atoms with Gasteiger partial charge in [-0.05, 0) is 19.3 Å². The van der Waals surface area contributed by atoms with Crippen molar-refractivity contribution in [1.29, 1.82) is 0 Å². The van der Waals surface area contributed by atoms with E-state index in [1.54, 1.807) is 13.8 Å². The molecule has 0 rings (SSSR count). The molecule has 172 valence electrons. The Kier molecular flexibility index (Phi) is 12.0. The van der Waals surface area contributed by atoms with Crippen molar-refractivity contribution in [2.75, 3.05) is 5.75 Å². The Hall–Kier alpha value is -2.38. The molecule has 0 aliphatic carbocycles. The summed E-state index contributed by atoms with van der Waals surface area (Å²) in [6.45, 7) is 4.51. The molecule has 0 radical (unpaired) electrons. The third kappa shape index (κ3) is 9.41. The van der Waals surface area contributed by atoms with E-state index in [2.05, 4.69) is 28.6 Å². The zero-order valence-electron chi connectivity index (χ0n) is 17.1. The van der Waals surface area contributed by atoms with Crippen LogP contribution < -0.4 is 27.4 Å². The van der Waals surface area contributed by atoms with Crippen LogP contribution in [0.25, 0.3) is 0 Å². The molecule has 4 amide bonds. The summed E-state index contributed by atoms with van der Waals surface area (Å²) >= 11 is 3.99. The second-order valence-electron chi connectivity index (χ2n) is 7.15. The lowest BCUT2D eigenvalue weighted by Gasteiger charge is -2.26. The number of thiol groups is 1. The zero-order valence-corrected chi connectivity index (χ0v) is 18.0. The Morgan fingerprint density at radius 1 is 0.933 bits per heavy atom. The SMILES string of the molecule is CC(C)C(NC(=O)C(N)CCC(N)=O)C(=O)NC(CS)C(=O)NC(C(=O)O)C(C)O. The predicted molar refractivity (Wildman–Crippen MR) is 110 cm³/mol. The van der Waals surface area contributed by atoms with Gasteiger partial charge in [-0.15, -0.1) is 0 Å². The normalized spacial score (nSPS) is 16.0. The summed E-state index contributed by atoms with van der Waals surface area (Å²) in [5.74, 6) is -4.85. The fourth-order valence-corrected chi connectivity index (χ4v) is 2.58. The molecule has 0 saturated carbocycles. The molecule has 0 aliphatic rings. The minimum atomic E-state index is -1.57. The largest absolute Gasteiger partial charge is 0.480 e. The highest BCUT2D eigenvalue weighted by molar-refractivity contribution is 7.80. The van der Waals surface area contributed by atoms with Crippen molar-refractivity contribution in [2.45, 2.75) is 63.9 Å². The number of carbonyl (C=O) groups excluding carboxylic acids is 4.